The molecule has 0 saturated heterocycles. The van der Waals surface area contributed by atoms with Crippen LogP contribution in [0.4, 0.5) is 0 Å². The first-order chi connectivity index (χ1) is 7.85. The number of ketones is 1. The molecule has 1 atom stereocenters. The van der Waals surface area contributed by atoms with E-state index in [-0.39, 0.29) is 29.7 Å². The number of aromatic carboxylic acids is 1. The van der Waals surface area contributed by atoms with Crippen molar-refractivity contribution >= 4 is 17.7 Å². The van der Waals surface area contributed by atoms with E-state index in [1.807, 2.05) is 0 Å². The van der Waals surface area contributed by atoms with Crippen LogP contribution in [0.25, 0.3) is 0 Å². The van der Waals surface area contributed by atoms with Gasteiger partial charge in [0, 0.05) is 12.8 Å². The zero-order valence-corrected chi connectivity index (χ0v) is 9.15. The molecule has 2 rings (SSSR count). The molecule has 6 heteroatoms. The Kier molecular flexibility index (Phi) is 2.30. The molecule has 1 aromatic rings. The number of primary amides is 1. The van der Waals surface area contributed by atoms with Crippen LogP contribution in [-0.2, 0) is 11.2 Å². The summed E-state index contributed by atoms with van der Waals surface area (Å²) in [6, 6.07) is 0. The smallest absolute Gasteiger partial charge is 0.339 e. The quantitative estimate of drug-likeness (QED) is 0.782. The summed E-state index contributed by atoms with van der Waals surface area (Å²) < 4.78 is 5.05. The number of hydrogen-bond donors (Lipinski definition) is 2. The second kappa shape index (κ2) is 3.44. The number of Topliss-reactive ketones (excluding diaryl/α,β-unsaturated/α-hetero) is 1. The fourth-order valence-electron chi connectivity index (χ4n) is 2.03. The Morgan fingerprint density at radius 1 is 1.47 bits per heavy atom. The maximum Gasteiger partial charge on any atom is 0.339 e. The number of nitrogens with two attached hydrogens (primary N) is 1. The molecule has 3 N–H and O–H groups in total. The van der Waals surface area contributed by atoms with Crippen LogP contribution in [0.3, 0.4) is 0 Å². The van der Waals surface area contributed by atoms with E-state index in [0.717, 1.165) is 6.26 Å². The molecule has 0 fully saturated rings. The fourth-order valence-corrected chi connectivity index (χ4v) is 2.03. The zero-order valence-electron chi connectivity index (χ0n) is 9.15. The molecule has 1 unspecified atom stereocenters. The minimum absolute atomic E-state index is 0.0659. The summed E-state index contributed by atoms with van der Waals surface area (Å²) in [4.78, 5) is 34.0. The van der Waals surface area contributed by atoms with E-state index < -0.39 is 23.1 Å². The van der Waals surface area contributed by atoms with E-state index in [1.54, 1.807) is 6.92 Å². The topological polar surface area (TPSA) is 111 Å². The van der Waals surface area contributed by atoms with Crippen LogP contribution in [0.2, 0.25) is 0 Å². The Hall–Kier alpha value is -2.11. The van der Waals surface area contributed by atoms with Gasteiger partial charge < -0.3 is 15.3 Å². The Morgan fingerprint density at radius 2 is 2.12 bits per heavy atom. The average Bonchev–Trinajstić information content (AvgIpc) is 2.60. The van der Waals surface area contributed by atoms with E-state index in [1.165, 1.54) is 0 Å². The van der Waals surface area contributed by atoms with E-state index in [2.05, 4.69) is 0 Å². The van der Waals surface area contributed by atoms with Crippen LogP contribution in [0.5, 0.6) is 0 Å². The van der Waals surface area contributed by atoms with Crippen molar-refractivity contribution in [3.05, 3.63) is 23.2 Å². The maximum atomic E-state index is 11.9. The fraction of sp³-hybridized carbons (Fsp3) is 0.364. The van der Waals surface area contributed by atoms with Gasteiger partial charge in [0.25, 0.3) is 0 Å². The summed E-state index contributed by atoms with van der Waals surface area (Å²) in [6.07, 6.45) is 1.09. The molecule has 0 aromatic carbocycles. The van der Waals surface area contributed by atoms with Gasteiger partial charge in [0.15, 0.2) is 5.78 Å². The van der Waals surface area contributed by atoms with Gasteiger partial charge in [-0.1, -0.05) is 0 Å². The molecule has 0 spiro atoms. The van der Waals surface area contributed by atoms with Gasteiger partial charge >= 0.3 is 5.97 Å². The first-order valence-electron chi connectivity index (χ1n) is 5.02. The highest BCUT2D eigenvalue weighted by Crippen LogP contribution is 2.37. The number of amides is 1. The van der Waals surface area contributed by atoms with Crippen molar-refractivity contribution in [1.82, 2.24) is 0 Å². The first kappa shape index (κ1) is 11.4. The van der Waals surface area contributed by atoms with Gasteiger partial charge in [0.2, 0.25) is 5.91 Å². The Morgan fingerprint density at radius 3 is 2.65 bits per heavy atom. The third kappa shape index (κ3) is 1.61. The second-order valence-electron chi connectivity index (χ2n) is 4.45. The molecule has 0 radical (unpaired) electrons. The lowest BCUT2D eigenvalue weighted by atomic mass is 9.74. The Balaban J connectivity index is 2.51. The van der Waals surface area contributed by atoms with Gasteiger partial charge in [0.05, 0.1) is 11.0 Å². The molecule has 17 heavy (non-hydrogen) atoms. The molecular formula is C11H11NO5. The summed E-state index contributed by atoms with van der Waals surface area (Å²) in [7, 11) is 0. The van der Waals surface area contributed by atoms with Crippen molar-refractivity contribution in [2.75, 3.05) is 0 Å². The minimum atomic E-state index is -1.22. The standard InChI is InChI=1S/C11H11NO5/c1-11(10(12)16)2-6(13)8-5(9(14)15)4-17-7(8)3-11/h4H,2-3H2,1H3,(H2,12,16)(H,14,15). The molecule has 90 valence electrons. The lowest BCUT2D eigenvalue weighted by molar-refractivity contribution is -0.127. The van der Waals surface area contributed by atoms with Gasteiger partial charge in [-0.25, -0.2) is 4.79 Å². The van der Waals surface area contributed by atoms with Gasteiger partial charge in [-0.15, -0.1) is 0 Å². The lowest BCUT2D eigenvalue weighted by Gasteiger charge is -2.28. The van der Waals surface area contributed by atoms with Crippen molar-refractivity contribution < 1.29 is 23.9 Å². The number of carboxylic acids is 1. The molecular weight excluding hydrogens is 226 g/mol. The molecule has 0 aliphatic heterocycles. The predicted molar refractivity (Wildman–Crippen MR) is 55.6 cm³/mol. The SMILES string of the molecule is CC1(C(N)=O)CC(=O)c2c(C(=O)O)coc2C1. The van der Waals surface area contributed by atoms with Crippen LogP contribution in [0.15, 0.2) is 10.7 Å². The van der Waals surface area contributed by atoms with Crippen molar-refractivity contribution in [2.45, 2.75) is 19.8 Å². The van der Waals surface area contributed by atoms with Gasteiger partial charge in [-0.2, -0.15) is 0 Å². The van der Waals surface area contributed by atoms with Gasteiger partial charge in [0.1, 0.15) is 17.6 Å². The second-order valence-corrected chi connectivity index (χ2v) is 4.45. The summed E-state index contributed by atoms with van der Waals surface area (Å²) in [5, 5.41) is 8.88. The number of furan rings is 1. The van der Waals surface area contributed by atoms with Crippen molar-refractivity contribution in [3.63, 3.8) is 0 Å². The highest BCUT2D eigenvalue weighted by atomic mass is 16.4. The summed E-state index contributed by atoms with van der Waals surface area (Å²) in [6.45, 7) is 1.57. The number of fused-ring (bicyclic) bond motifs is 1. The Bertz CT molecular complexity index is 530. The Labute approximate surface area is 96.4 Å². The number of carbonyl (C=O) groups is 3. The number of rotatable bonds is 2. The molecule has 6 nitrogen and oxygen atoms in total. The third-order valence-electron chi connectivity index (χ3n) is 3.07. The summed E-state index contributed by atoms with van der Waals surface area (Å²) in [5.41, 5.74) is 4.15. The third-order valence-corrected chi connectivity index (χ3v) is 3.07. The number of carboxylic acid groups (broad SMARTS) is 1. The minimum Gasteiger partial charge on any atom is -0.478 e. The lowest BCUT2D eigenvalue weighted by Crippen LogP contribution is -2.41. The maximum absolute atomic E-state index is 11.9. The van der Waals surface area contributed by atoms with Crippen LogP contribution in [0, 0.1) is 5.41 Å². The molecule has 1 aliphatic rings. The molecule has 1 aliphatic carbocycles. The van der Waals surface area contributed by atoms with E-state index in [4.69, 9.17) is 15.3 Å². The molecule has 0 bridgehead atoms. The van der Waals surface area contributed by atoms with Gasteiger partial charge in [-0.3, -0.25) is 9.59 Å². The number of hydrogen-bond acceptors (Lipinski definition) is 4. The van der Waals surface area contributed by atoms with Crippen LogP contribution in [-0.4, -0.2) is 22.8 Å². The average molecular weight is 237 g/mol. The zero-order chi connectivity index (χ0) is 12.8. The molecule has 1 aromatic heterocycles. The van der Waals surface area contributed by atoms with Crippen molar-refractivity contribution in [2.24, 2.45) is 11.1 Å². The van der Waals surface area contributed by atoms with E-state index >= 15 is 0 Å². The van der Waals surface area contributed by atoms with E-state index in [9.17, 15) is 14.4 Å². The largest absolute Gasteiger partial charge is 0.478 e. The highest BCUT2D eigenvalue weighted by Gasteiger charge is 2.43. The van der Waals surface area contributed by atoms with Gasteiger partial charge in [-0.05, 0) is 6.92 Å². The van der Waals surface area contributed by atoms with Crippen LogP contribution < -0.4 is 5.73 Å². The monoisotopic (exact) mass is 237 g/mol. The predicted octanol–water partition coefficient (Wildman–Crippen LogP) is 0.598. The van der Waals surface area contributed by atoms with Crippen LogP contribution in [0.1, 0.15) is 39.8 Å². The summed E-state index contributed by atoms with van der Waals surface area (Å²) >= 11 is 0. The first-order valence-corrected chi connectivity index (χ1v) is 5.02. The highest BCUT2D eigenvalue weighted by molar-refractivity contribution is 6.09. The van der Waals surface area contributed by atoms with Crippen molar-refractivity contribution in [1.29, 1.82) is 0 Å². The summed E-state index contributed by atoms with van der Waals surface area (Å²) in [5.74, 6) is -2.01. The molecule has 1 heterocycles. The molecule has 0 saturated carbocycles. The van der Waals surface area contributed by atoms with Crippen LogP contribution >= 0.6 is 0 Å². The normalized spacial score (nSPS) is 23.2. The van der Waals surface area contributed by atoms with Crippen molar-refractivity contribution in [3.8, 4) is 0 Å². The number of carbonyl (C=O) groups excluding carboxylic acids is 2. The van der Waals surface area contributed by atoms with E-state index in [0.29, 0.717) is 0 Å². The molecule has 1 amide bonds.